The number of hydrogen-bond donors (Lipinski definition) is 1. The highest BCUT2D eigenvalue weighted by Crippen LogP contribution is 2.17. The van der Waals surface area contributed by atoms with Gasteiger partial charge in [-0.2, -0.15) is 0 Å². The minimum Gasteiger partial charge on any atom is -0.493 e. The molecule has 2 amide bonds. The second-order valence-electron chi connectivity index (χ2n) is 5.07. The number of benzene rings is 1. The van der Waals surface area contributed by atoms with E-state index in [1.54, 1.807) is 6.20 Å². The Morgan fingerprint density at radius 1 is 1.27 bits per heavy atom. The summed E-state index contributed by atoms with van der Waals surface area (Å²) in [6, 6.07) is 9.07. The van der Waals surface area contributed by atoms with Gasteiger partial charge in [0.2, 0.25) is 5.91 Å². The van der Waals surface area contributed by atoms with Crippen LogP contribution >= 0.6 is 0 Å². The molecule has 2 heterocycles. The van der Waals surface area contributed by atoms with E-state index in [1.165, 1.54) is 4.68 Å². The van der Waals surface area contributed by atoms with E-state index >= 15 is 0 Å². The fourth-order valence-electron chi connectivity index (χ4n) is 2.30. The lowest BCUT2D eigenvalue weighted by Crippen LogP contribution is -2.41. The number of ether oxygens (including phenoxy) is 1. The van der Waals surface area contributed by atoms with Crippen LogP contribution in [0, 0.1) is 0 Å². The maximum absolute atomic E-state index is 11.8. The standard InChI is InChI=1S/C15H16N4O3/c20-14-7-6-13(15(21)16-14)19-10-11(17-18-19)8-9-22-12-4-2-1-3-5-12/h1-5,10,13H,6-9H2,(H,16,20,21). The Hall–Kier alpha value is -2.70. The van der Waals surface area contributed by atoms with E-state index in [2.05, 4.69) is 15.6 Å². The SMILES string of the molecule is O=C1CCC(n2cc(CCOc3ccccc3)nn2)C(=O)N1. The van der Waals surface area contributed by atoms with Crippen LogP contribution in [-0.4, -0.2) is 33.4 Å². The first-order valence-electron chi connectivity index (χ1n) is 7.14. The number of nitrogens with zero attached hydrogens (tertiary/aromatic N) is 3. The van der Waals surface area contributed by atoms with E-state index in [-0.39, 0.29) is 11.8 Å². The van der Waals surface area contributed by atoms with E-state index in [4.69, 9.17) is 4.74 Å². The number of rotatable bonds is 5. The van der Waals surface area contributed by atoms with Crippen molar-refractivity contribution in [2.45, 2.75) is 25.3 Å². The predicted molar refractivity (Wildman–Crippen MR) is 77.1 cm³/mol. The molecule has 1 aliphatic rings. The number of piperidine rings is 1. The minimum absolute atomic E-state index is 0.238. The molecule has 1 aromatic heterocycles. The van der Waals surface area contributed by atoms with Gasteiger partial charge in [-0.3, -0.25) is 14.9 Å². The van der Waals surface area contributed by atoms with Crippen LogP contribution in [0.1, 0.15) is 24.6 Å². The van der Waals surface area contributed by atoms with Crippen molar-refractivity contribution < 1.29 is 14.3 Å². The Morgan fingerprint density at radius 3 is 2.86 bits per heavy atom. The fraction of sp³-hybridized carbons (Fsp3) is 0.333. The van der Waals surface area contributed by atoms with Crippen LogP contribution in [0.25, 0.3) is 0 Å². The third kappa shape index (κ3) is 3.30. The molecule has 0 aliphatic carbocycles. The van der Waals surface area contributed by atoms with Crippen molar-refractivity contribution in [1.29, 1.82) is 0 Å². The summed E-state index contributed by atoms with van der Waals surface area (Å²) in [7, 11) is 0. The maximum atomic E-state index is 11.8. The number of para-hydroxylation sites is 1. The summed E-state index contributed by atoms with van der Waals surface area (Å²) in [5.74, 6) is 0.242. The van der Waals surface area contributed by atoms with Crippen molar-refractivity contribution in [2.75, 3.05) is 6.61 Å². The summed E-state index contributed by atoms with van der Waals surface area (Å²) >= 11 is 0. The summed E-state index contributed by atoms with van der Waals surface area (Å²) in [4.78, 5) is 22.9. The fourth-order valence-corrected chi connectivity index (χ4v) is 2.30. The Kier molecular flexibility index (Phi) is 4.13. The molecule has 1 N–H and O–H groups in total. The molecule has 1 aromatic carbocycles. The first kappa shape index (κ1) is 14.2. The van der Waals surface area contributed by atoms with Gasteiger partial charge in [-0.1, -0.05) is 23.4 Å². The van der Waals surface area contributed by atoms with E-state index in [1.807, 2.05) is 30.3 Å². The van der Waals surface area contributed by atoms with Crippen LogP contribution in [0.2, 0.25) is 0 Å². The molecule has 22 heavy (non-hydrogen) atoms. The summed E-state index contributed by atoms with van der Waals surface area (Å²) < 4.78 is 7.11. The molecule has 0 saturated carbocycles. The molecule has 2 aromatic rings. The Labute approximate surface area is 127 Å². The quantitative estimate of drug-likeness (QED) is 0.828. The lowest BCUT2D eigenvalue weighted by atomic mass is 10.1. The highest BCUT2D eigenvalue weighted by molar-refractivity contribution is 5.99. The third-order valence-electron chi connectivity index (χ3n) is 3.46. The average Bonchev–Trinajstić information content (AvgIpc) is 2.97. The largest absolute Gasteiger partial charge is 0.493 e. The molecule has 0 bridgehead atoms. The maximum Gasteiger partial charge on any atom is 0.251 e. The van der Waals surface area contributed by atoms with Gasteiger partial charge in [0.1, 0.15) is 11.8 Å². The van der Waals surface area contributed by atoms with Gasteiger partial charge in [0.05, 0.1) is 12.3 Å². The second-order valence-corrected chi connectivity index (χ2v) is 5.07. The zero-order valence-corrected chi connectivity index (χ0v) is 11.9. The van der Waals surface area contributed by atoms with Crippen molar-refractivity contribution in [3.63, 3.8) is 0 Å². The summed E-state index contributed by atoms with van der Waals surface area (Å²) in [5.41, 5.74) is 0.751. The highest BCUT2D eigenvalue weighted by atomic mass is 16.5. The first-order valence-corrected chi connectivity index (χ1v) is 7.14. The van der Waals surface area contributed by atoms with Crippen molar-refractivity contribution in [1.82, 2.24) is 20.3 Å². The normalized spacial score (nSPS) is 18.1. The molecule has 7 heteroatoms. The van der Waals surface area contributed by atoms with Crippen molar-refractivity contribution in [2.24, 2.45) is 0 Å². The molecule has 1 atom stereocenters. The van der Waals surface area contributed by atoms with Crippen LogP contribution in [-0.2, 0) is 16.0 Å². The lowest BCUT2D eigenvalue weighted by Gasteiger charge is -2.20. The number of nitrogens with one attached hydrogen (secondary N) is 1. The molecule has 114 valence electrons. The van der Waals surface area contributed by atoms with Crippen molar-refractivity contribution in [3.05, 3.63) is 42.2 Å². The van der Waals surface area contributed by atoms with Gasteiger partial charge < -0.3 is 4.74 Å². The van der Waals surface area contributed by atoms with E-state index in [0.29, 0.717) is 25.9 Å². The molecule has 1 saturated heterocycles. The summed E-state index contributed by atoms with van der Waals surface area (Å²) in [6.45, 7) is 0.484. The monoisotopic (exact) mass is 300 g/mol. The van der Waals surface area contributed by atoms with Gasteiger partial charge >= 0.3 is 0 Å². The number of carbonyl (C=O) groups excluding carboxylic acids is 2. The Morgan fingerprint density at radius 2 is 2.09 bits per heavy atom. The molecule has 3 rings (SSSR count). The average molecular weight is 300 g/mol. The van der Waals surface area contributed by atoms with Gasteiger partial charge in [-0.25, -0.2) is 4.68 Å². The molecule has 1 unspecified atom stereocenters. The van der Waals surface area contributed by atoms with E-state index < -0.39 is 6.04 Å². The molecular weight excluding hydrogens is 284 g/mol. The smallest absolute Gasteiger partial charge is 0.251 e. The minimum atomic E-state index is -0.464. The topological polar surface area (TPSA) is 86.1 Å². The second kappa shape index (κ2) is 6.38. The van der Waals surface area contributed by atoms with Gasteiger partial charge in [0.25, 0.3) is 5.91 Å². The lowest BCUT2D eigenvalue weighted by molar-refractivity contribution is -0.136. The van der Waals surface area contributed by atoms with Crippen LogP contribution < -0.4 is 10.1 Å². The molecule has 0 spiro atoms. The third-order valence-corrected chi connectivity index (χ3v) is 3.46. The van der Waals surface area contributed by atoms with E-state index in [0.717, 1.165) is 11.4 Å². The number of carbonyl (C=O) groups is 2. The summed E-state index contributed by atoms with van der Waals surface area (Å²) in [6.07, 6.45) is 3.10. The van der Waals surface area contributed by atoms with Gasteiger partial charge in [0.15, 0.2) is 0 Å². The Balaban J connectivity index is 1.55. The highest BCUT2D eigenvalue weighted by Gasteiger charge is 2.28. The zero-order valence-electron chi connectivity index (χ0n) is 11.9. The molecular formula is C15H16N4O3. The number of imide groups is 1. The van der Waals surface area contributed by atoms with Crippen LogP contribution in [0.5, 0.6) is 5.75 Å². The molecule has 1 fully saturated rings. The van der Waals surface area contributed by atoms with Crippen LogP contribution in [0.3, 0.4) is 0 Å². The zero-order chi connectivity index (χ0) is 15.4. The number of hydrogen-bond acceptors (Lipinski definition) is 5. The van der Waals surface area contributed by atoms with Crippen molar-refractivity contribution in [3.8, 4) is 5.75 Å². The molecule has 0 radical (unpaired) electrons. The van der Waals surface area contributed by atoms with Crippen molar-refractivity contribution >= 4 is 11.8 Å². The van der Waals surface area contributed by atoms with Crippen LogP contribution in [0.15, 0.2) is 36.5 Å². The first-order chi connectivity index (χ1) is 10.7. The Bertz CT molecular complexity index is 668. The number of aromatic nitrogens is 3. The predicted octanol–water partition coefficient (Wildman–Crippen LogP) is 0.877. The van der Waals surface area contributed by atoms with Gasteiger partial charge in [0, 0.05) is 19.0 Å². The molecule has 7 nitrogen and oxygen atoms in total. The molecule has 1 aliphatic heterocycles. The van der Waals surface area contributed by atoms with Gasteiger partial charge in [-0.05, 0) is 18.6 Å². The summed E-state index contributed by atoms with van der Waals surface area (Å²) in [5, 5.41) is 10.3. The van der Waals surface area contributed by atoms with Crippen LogP contribution in [0.4, 0.5) is 0 Å². The number of amides is 2. The van der Waals surface area contributed by atoms with E-state index in [9.17, 15) is 9.59 Å². The van der Waals surface area contributed by atoms with Gasteiger partial charge in [-0.15, -0.1) is 5.10 Å².